The number of carbonyl (C=O) groups excluding carboxylic acids is 2. The Kier molecular flexibility index (Phi) is 4.42. The SMILES string of the molecule is CC(=O)c1cc(C)ccc1OC(C)C(=O)N1CCCC1. The van der Waals surface area contributed by atoms with Crippen LogP contribution in [-0.2, 0) is 4.79 Å². The molecular formula is C16H21NO3. The van der Waals surface area contributed by atoms with Crippen LogP contribution in [0.4, 0.5) is 0 Å². The van der Waals surface area contributed by atoms with Gasteiger partial charge in [0.25, 0.3) is 5.91 Å². The smallest absolute Gasteiger partial charge is 0.263 e. The maximum atomic E-state index is 12.2. The highest BCUT2D eigenvalue weighted by Crippen LogP contribution is 2.22. The lowest BCUT2D eigenvalue weighted by molar-refractivity contribution is -0.136. The molecule has 1 unspecified atom stereocenters. The van der Waals surface area contributed by atoms with Gasteiger partial charge in [0.1, 0.15) is 5.75 Å². The molecule has 0 spiro atoms. The van der Waals surface area contributed by atoms with Gasteiger partial charge in [-0.25, -0.2) is 0 Å². The number of ketones is 1. The third-order valence-electron chi connectivity index (χ3n) is 3.58. The summed E-state index contributed by atoms with van der Waals surface area (Å²) in [5.41, 5.74) is 1.53. The fraction of sp³-hybridized carbons (Fsp3) is 0.500. The van der Waals surface area contributed by atoms with E-state index in [0.29, 0.717) is 11.3 Å². The number of Topliss-reactive ketones (excluding diaryl/α,β-unsaturated/α-hetero) is 1. The van der Waals surface area contributed by atoms with Crippen LogP contribution in [0.5, 0.6) is 5.75 Å². The van der Waals surface area contributed by atoms with E-state index >= 15 is 0 Å². The minimum Gasteiger partial charge on any atom is -0.480 e. The second-order valence-corrected chi connectivity index (χ2v) is 5.35. The summed E-state index contributed by atoms with van der Waals surface area (Å²) >= 11 is 0. The third kappa shape index (κ3) is 3.18. The van der Waals surface area contributed by atoms with Gasteiger partial charge < -0.3 is 9.64 Å². The molecule has 1 aliphatic heterocycles. The molecule has 20 heavy (non-hydrogen) atoms. The number of hydrogen-bond donors (Lipinski definition) is 0. The number of amides is 1. The lowest BCUT2D eigenvalue weighted by Gasteiger charge is -2.22. The predicted octanol–water partition coefficient (Wildman–Crippen LogP) is 2.59. The van der Waals surface area contributed by atoms with Crippen molar-refractivity contribution < 1.29 is 14.3 Å². The molecule has 108 valence electrons. The van der Waals surface area contributed by atoms with E-state index in [9.17, 15) is 9.59 Å². The summed E-state index contributed by atoms with van der Waals surface area (Å²) in [6.45, 7) is 6.79. The number of benzene rings is 1. The molecule has 1 fully saturated rings. The maximum Gasteiger partial charge on any atom is 0.263 e. The third-order valence-corrected chi connectivity index (χ3v) is 3.58. The summed E-state index contributed by atoms with van der Waals surface area (Å²) < 4.78 is 5.72. The minimum atomic E-state index is -0.561. The van der Waals surface area contributed by atoms with Crippen molar-refractivity contribution in [1.29, 1.82) is 0 Å². The Morgan fingerprint density at radius 3 is 2.50 bits per heavy atom. The number of likely N-dealkylation sites (tertiary alicyclic amines) is 1. The van der Waals surface area contributed by atoms with Gasteiger partial charge in [-0.2, -0.15) is 0 Å². The van der Waals surface area contributed by atoms with Crippen molar-refractivity contribution in [3.05, 3.63) is 29.3 Å². The van der Waals surface area contributed by atoms with E-state index in [1.54, 1.807) is 19.1 Å². The van der Waals surface area contributed by atoms with Gasteiger partial charge in [0.2, 0.25) is 0 Å². The van der Waals surface area contributed by atoms with Gasteiger partial charge in [-0.05, 0) is 45.7 Å². The molecule has 1 aromatic carbocycles. The Labute approximate surface area is 119 Å². The average molecular weight is 275 g/mol. The zero-order valence-electron chi connectivity index (χ0n) is 12.3. The quantitative estimate of drug-likeness (QED) is 0.793. The Bertz CT molecular complexity index is 518. The first-order valence-corrected chi connectivity index (χ1v) is 7.06. The molecule has 0 aromatic heterocycles. The van der Waals surface area contributed by atoms with Gasteiger partial charge in [-0.15, -0.1) is 0 Å². The number of ether oxygens (including phenoxy) is 1. The van der Waals surface area contributed by atoms with Gasteiger partial charge in [0.05, 0.1) is 5.56 Å². The van der Waals surface area contributed by atoms with Crippen molar-refractivity contribution in [2.24, 2.45) is 0 Å². The van der Waals surface area contributed by atoms with Crippen LogP contribution in [0.2, 0.25) is 0 Å². The maximum absolute atomic E-state index is 12.2. The Morgan fingerprint density at radius 1 is 1.25 bits per heavy atom. The number of rotatable bonds is 4. The van der Waals surface area contributed by atoms with Crippen LogP contribution >= 0.6 is 0 Å². The van der Waals surface area contributed by atoms with Crippen molar-refractivity contribution >= 4 is 11.7 Å². The molecule has 1 atom stereocenters. The first-order chi connectivity index (χ1) is 9.49. The number of carbonyl (C=O) groups is 2. The summed E-state index contributed by atoms with van der Waals surface area (Å²) in [4.78, 5) is 25.7. The molecule has 0 aliphatic carbocycles. The highest BCUT2D eigenvalue weighted by molar-refractivity contribution is 5.97. The van der Waals surface area contributed by atoms with Gasteiger partial charge in [0.15, 0.2) is 11.9 Å². The second kappa shape index (κ2) is 6.07. The average Bonchev–Trinajstić information content (AvgIpc) is 2.93. The number of aryl methyl sites for hydroxylation is 1. The minimum absolute atomic E-state index is 0.00224. The molecule has 0 N–H and O–H groups in total. The molecule has 4 heteroatoms. The lowest BCUT2D eigenvalue weighted by Crippen LogP contribution is -2.38. The van der Waals surface area contributed by atoms with E-state index in [1.807, 2.05) is 17.9 Å². The Hall–Kier alpha value is -1.84. The molecule has 4 nitrogen and oxygen atoms in total. The highest BCUT2D eigenvalue weighted by Gasteiger charge is 2.25. The van der Waals surface area contributed by atoms with E-state index in [0.717, 1.165) is 31.5 Å². The van der Waals surface area contributed by atoms with E-state index in [4.69, 9.17) is 4.74 Å². The molecule has 1 heterocycles. The fourth-order valence-electron chi connectivity index (χ4n) is 2.46. The zero-order chi connectivity index (χ0) is 14.7. The summed E-state index contributed by atoms with van der Waals surface area (Å²) in [5.74, 6) is 0.435. The van der Waals surface area contributed by atoms with E-state index in [2.05, 4.69) is 0 Å². The van der Waals surface area contributed by atoms with Crippen LogP contribution in [0.3, 0.4) is 0 Å². The van der Waals surface area contributed by atoms with E-state index in [-0.39, 0.29) is 11.7 Å². The normalized spacial score (nSPS) is 16.1. The summed E-state index contributed by atoms with van der Waals surface area (Å²) in [7, 11) is 0. The van der Waals surface area contributed by atoms with Crippen LogP contribution in [0.25, 0.3) is 0 Å². The standard InChI is InChI=1S/C16H21NO3/c1-11-6-7-15(14(10-11)12(2)18)20-13(3)16(19)17-8-4-5-9-17/h6-7,10,13H,4-5,8-9H2,1-3H3. The Morgan fingerprint density at radius 2 is 1.90 bits per heavy atom. The molecule has 2 rings (SSSR count). The van der Waals surface area contributed by atoms with Crippen molar-refractivity contribution in [2.45, 2.75) is 39.7 Å². The monoisotopic (exact) mass is 275 g/mol. The van der Waals surface area contributed by atoms with Crippen LogP contribution < -0.4 is 4.74 Å². The zero-order valence-corrected chi connectivity index (χ0v) is 12.3. The van der Waals surface area contributed by atoms with E-state index < -0.39 is 6.10 Å². The van der Waals surface area contributed by atoms with Crippen LogP contribution in [0.1, 0.15) is 42.6 Å². The van der Waals surface area contributed by atoms with Crippen LogP contribution in [0.15, 0.2) is 18.2 Å². The predicted molar refractivity (Wildman–Crippen MR) is 77.1 cm³/mol. The topological polar surface area (TPSA) is 46.6 Å². The molecule has 1 amide bonds. The number of hydrogen-bond acceptors (Lipinski definition) is 3. The molecular weight excluding hydrogens is 254 g/mol. The van der Waals surface area contributed by atoms with Crippen molar-refractivity contribution in [1.82, 2.24) is 4.90 Å². The number of nitrogens with zero attached hydrogens (tertiary/aromatic N) is 1. The lowest BCUT2D eigenvalue weighted by atomic mass is 10.1. The van der Waals surface area contributed by atoms with Crippen molar-refractivity contribution in [3.8, 4) is 5.75 Å². The summed E-state index contributed by atoms with van der Waals surface area (Å²) in [6.07, 6.45) is 1.55. The van der Waals surface area contributed by atoms with Crippen molar-refractivity contribution in [3.63, 3.8) is 0 Å². The molecule has 0 radical (unpaired) electrons. The van der Waals surface area contributed by atoms with Gasteiger partial charge in [0, 0.05) is 13.1 Å². The summed E-state index contributed by atoms with van der Waals surface area (Å²) in [5, 5.41) is 0. The first kappa shape index (κ1) is 14.6. The van der Waals surface area contributed by atoms with Crippen molar-refractivity contribution in [2.75, 3.05) is 13.1 Å². The molecule has 1 saturated heterocycles. The van der Waals surface area contributed by atoms with Crippen LogP contribution in [-0.4, -0.2) is 35.8 Å². The largest absolute Gasteiger partial charge is 0.480 e. The molecule has 0 bridgehead atoms. The highest BCUT2D eigenvalue weighted by atomic mass is 16.5. The fourth-order valence-corrected chi connectivity index (χ4v) is 2.46. The molecule has 1 aromatic rings. The summed E-state index contributed by atoms with van der Waals surface area (Å²) in [6, 6.07) is 5.44. The molecule has 1 aliphatic rings. The molecule has 0 saturated carbocycles. The van der Waals surface area contributed by atoms with Gasteiger partial charge in [-0.1, -0.05) is 11.6 Å². The Balaban J connectivity index is 2.12. The van der Waals surface area contributed by atoms with E-state index in [1.165, 1.54) is 6.92 Å². The first-order valence-electron chi connectivity index (χ1n) is 7.06. The second-order valence-electron chi connectivity index (χ2n) is 5.35. The van der Waals surface area contributed by atoms with Crippen LogP contribution in [0, 0.1) is 6.92 Å². The van der Waals surface area contributed by atoms with Gasteiger partial charge in [-0.3, -0.25) is 9.59 Å². The van der Waals surface area contributed by atoms with Gasteiger partial charge >= 0.3 is 0 Å².